The fourth-order valence-corrected chi connectivity index (χ4v) is 4.31. The Morgan fingerprint density at radius 1 is 0.500 bits per heavy atom. The molecule has 0 rings (SSSR count). The minimum Gasteiger partial charge on any atom is -0.356 e. The van der Waals surface area contributed by atoms with Crippen LogP contribution in [0.15, 0.2) is 0 Å². The van der Waals surface area contributed by atoms with E-state index in [4.69, 9.17) is 0 Å². The summed E-state index contributed by atoms with van der Waals surface area (Å²) in [5, 5.41) is 8.49. The molecule has 0 aliphatic heterocycles. The Morgan fingerprint density at radius 3 is 1.39 bits per heavy atom. The van der Waals surface area contributed by atoms with Gasteiger partial charge in [-0.25, -0.2) is 0 Å². The molecule has 0 unspecified atom stereocenters. The molecule has 6 heteroatoms. The van der Waals surface area contributed by atoms with E-state index in [1.54, 1.807) is 0 Å². The highest BCUT2D eigenvalue weighted by molar-refractivity contribution is 5.92. The number of rotatable bonds is 26. The fraction of sp³-hybridized carbons (Fsp3) is 0.900. The lowest BCUT2D eigenvalue weighted by Crippen LogP contribution is -2.49. The second kappa shape index (κ2) is 26.5. The molecule has 36 heavy (non-hydrogen) atoms. The Hall–Kier alpha value is -1.59. The van der Waals surface area contributed by atoms with E-state index < -0.39 is 6.04 Å². The number of carbonyl (C=O) groups excluding carboxylic acids is 3. The topological polar surface area (TPSA) is 87.3 Å². The summed E-state index contributed by atoms with van der Waals surface area (Å²) in [7, 11) is 0. The lowest BCUT2D eigenvalue weighted by Gasteiger charge is -2.18. The molecule has 0 heterocycles. The highest BCUT2D eigenvalue weighted by Gasteiger charge is 2.23. The average molecular weight is 510 g/mol. The monoisotopic (exact) mass is 509 g/mol. The van der Waals surface area contributed by atoms with Crippen LogP contribution in [0, 0.1) is 0 Å². The zero-order valence-corrected chi connectivity index (χ0v) is 24.1. The maximum Gasteiger partial charge on any atom is 0.243 e. The molecule has 0 aromatic heterocycles. The van der Waals surface area contributed by atoms with E-state index >= 15 is 0 Å². The van der Waals surface area contributed by atoms with E-state index in [0.29, 0.717) is 19.5 Å². The van der Waals surface area contributed by atoms with E-state index in [1.165, 1.54) is 77.0 Å². The van der Waals surface area contributed by atoms with Crippen molar-refractivity contribution >= 4 is 17.7 Å². The Bertz CT molecular complexity index is 540. The first kappa shape index (κ1) is 34.4. The van der Waals surface area contributed by atoms with Gasteiger partial charge in [-0.3, -0.25) is 14.4 Å². The fourth-order valence-electron chi connectivity index (χ4n) is 4.31. The number of hydrogen-bond acceptors (Lipinski definition) is 3. The number of amides is 3. The molecule has 0 saturated heterocycles. The first-order chi connectivity index (χ1) is 17.5. The van der Waals surface area contributed by atoms with Crippen molar-refractivity contribution < 1.29 is 14.4 Å². The van der Waals surface area contributed by atoms with E-state index in [2.05, 4.69) is 36.7 Å². The van der Waals surface area contributed by atoms with E-state index in [1.807, 2.05) is 0 Å². The van der Waals surface area contributed by atoms with E-state index in [9.17, 15) is 14.4 Å². The predicted molar refractivity (Wildman–Crippen MR) is 152 cm³/mol. The maximum atomic E-state index is 12.5. The Kier molecular flexibility index (Phi) is 25.3. The number of carbonyl (C=O) groups is 3. The van der Waals surface area contributed by atoms with Gasteiger partial charge in [0.1, 0.15) is 6.04 Å². The molecule has 0 aromatic carbocycles. The average Bonchev–Trinajstić information content (AvgIpc) is 2.86. The van der Waals surface area contributed by atoms with Crippen LogP contribution in [0.2, 0.25) is 0 Å². The van der Waals surface area contributed by atoms with Crippen LogP contribution in [0.4, 0.5) is 0 Å². The summed E-state index contributed by atoms with van der Waals surface area (Å²) >= 11 is 0. The van der Waals surface area contributed by atoms with Crippen molar-refractivity contribution in [2.75, 3.05) is 13.1 Å². The lowest BCUT2D eigenvalue weighted by molar-refractivity contribution is -0.131. The minimum absolute atomic E-state index is 0.00767. The van der Waals surface area contributed by atoms with Crippen molar-refractivity contribution in [3.63, 3.8) is 0 Å². The molecule has 3 N–H and O–H groups in total. The lowest BCUT2D eigenvalue weighted by atomic mass is 10.0. The van der Waals surface area contributed by atoms with Gasteiger partial charge in [0.05, 0.1) is 6.42 Å². The molecule has 6 nitrogen and oxygen atoms in total. The standard InChI is InChI=1S/C30H59N3O3/c1-4-7-10-11-12-13-14-15-16-17-18-19-20-21-22-23-28(34)33-27(30(36)32-25-9-6-3)26-29(35)31-24-8-5-2/h27H,4-26H2,1-3H3,(H,31,35)(H,32,36)(H,33,34)/t27-/m0/s1. The van der Waals surface area contributed by atoms with Gasteiger partial charge in [-0.1, -0.05) is 124 Å². The third-order valence-electron chi connectivity index (χ3n) is 6.73. The SMILES string of the molecule is CCCCCCCCCCCCCCCCCC(=O)N[C@@H](CC(=O)NCCCC)C(=O)NCCCC. The summed E-state index contributed by atoms with van der Waals surface area (Å²) in [5.74, 6) is -0.591. The molecule has 0 fully saturated rings. The molecule has 0 aliphatic rings. The second-order valence-corrected chi connectivity index (χ2v) is 10.4. The van der Waals surface area contributed by atoms with Crippen LogP contribution in [0.25, 0.3) is 0 Å². The van der Waals surface area contributed by atoms with Crippen molar-refractivity contribution in [1.82, 2.24) is 16.0 Å². The smallest absolute Gasteiger partial charge is 0.243 e. The second-order valence-electron chi connectivity index (χ2n) is 10.4. The van der Waals surface area contributed by atoms with Crippen molar-refractivity contribution in [3.05, 3.63) is 0 Å². The van der Waals surface area contributed by atoms with Crippen LogP contribution in [0.3, 0.4) is 0 Å². The van der Waals surface area contributed by atoms with Crippen molar-refractivity contribution in [2.45, 2.75) is 162 Å². The molecule has 0 aromatic rings. The van der Waals surface area contributed by atoms with Crippen molar-refractivity contribution in [1.29, 1.82) is 0 Å². The summed E-state index contributed by atoms with van der Waals surface area (Å²) in [4.78, 5) is 37.2. The summed E-state index contributed by atoms with van der Waals surface area (Å²) < 4.78 is 0. The quantitative estimate of drug-likeness (QED) is 0.110. The Morgan fingerprint density at radius 2 is 0.917 bits per heavy atom. The van der Waals surface area contributed by atoms with Crippen LogP contribution >= 0.6 is 0 Å². The van der Waals surface area contributed by atoms with Gasteiger partial charge in [-0.2, -0.15) is 0 Å². The van der Waals surface area contributed by atoms with Gasteiger partial charge in [-0.15, -0.1) is 0 Å². The third-order valence-corrected chi connectivity index (χ3v) is 6.73. The normalized spacial score (nSPS) is 11.8. The summed E-state index contributed by atoms with van der Waals surface area (Å²) in [6, 6.07) is -0.799. The van der Waals surface area contributed by atoms with Crippen LogP contribution < -0.4 is 16.0 Å². The highest BCUT2D eigenvalue weighted by atomic mass is 16.2. The summed E-state index contributed by atoms with van der Waals surface area (Å²) in [6.07, 6.45) is 23.5. The molecule has 0 bridgehead atoms. The van der Waals surface area contributed by atoms with E-state index in [-0.39, 0.29) is 24.1 Å². The molecular weight excluding hydrogens is 450 g/mol. The molecule has 0 aliphatic carbocycles. The predicted octanol–water partition coefficient (Wildman–Crippen LogP) is 6.96. The molecule has 1 atom stereocenters. The van der Waals surface area contributed by atoms with Crippen LogP contribution in [-0.4, -0.2) is 36.9 Å². The van der Waals surface area contributed by atoms with Crippen molar-refractivity contribution in [2.24, 2.45) is 0 Å². The zero-order chi connectivity index (χ0) is 26.7. The van der Waals surface area contributed by atoms with Gasteiger partial charge in [0.2, 0.25) is 17.7 Å². The summed E-state index contributed by atoms with van der Waals surface area (Å²) in [6.45, 7) is 7.56. The van der Waals surface area contributed by atoms with Crippen LogP contribution in [-0.2, 0) is 14.4 Å². The minimum atomic E-state index is -0.799. The highest BCUT2D eigenvalue weighted by Crippen LogP contribution is 2.13. The van der Waals surface area contributed by atoms with Gasteiger partial charge in [0.15, 0.2) is 0 Å². The molecule has 0 spiro atoms. The molecule has 0 radical (unpaired) electrons. The number of unbranched alkanes of at least 4 members (excludes halogenated alkanes) is 16. The maximum absolute atomic E-state index is 12.5. The van der Waals surface area contributed by atoms with Gasteiger partial charge in [-0.05, 0) is 19.3 Å². The van der Waals surface area contributed by atoms with Crippen molar-refractivity contribution in [3.8, 4) is 0 Å². The molecule has 212 valence electrons. The largest absolute Gasteiger partial charge is 0.356 e. The summed E-state index contributed by atoms with van der Waals surface area (Å²) in [5.41, 5.74) is 0. The number of nitrogens with one attached hydrogen (secondary N) is 3. The van der Waals surface area contributed by atoms with Gasteiger partial charge < -0.3 is 16.0 Å². The molecular formula is C30H59N3O3. The van der Waals surface area contributed by atoms with Crippen LogP contribution in [0.1, 0.15) is 156 Å². The molecule has 3 amide bonds. The van der Waals surface area contributed by atoms with Gasteiger partial charge >= 0.3 is 0 Å². The first-order valence-corrected chi connectivity index (χ1v) is 15.4. The zero-order valence-electron chi connectivity index (χ0n) is 24.1. The van der Waals surface area contributed by atoms with Gasteiger partial charge in [0, 0.05) is 19.5 Å². The first-order valence-electron chi connectivity index (χ1n) is 15.4. The van der Waals surface area contributed by atoms with Gasteiger partial charge in [0.25, 0.3) is 0 Å². The third kappa shape index (κ3) is 22.8. The molecule has 0 saturated carbocycles. The van der Waals surface area contributed by atoms with E-state index in [0.717, 1.165) is 44.9 Å². The Labute approximate surface area is 222 Å². The Balaban J connectivity index is 3.94. The van der Waals surface area contributed by atoms with Crippen LogP contribution in [0.5, 0.6) is 0 Å². The number of hydrogen-bond donors (Lipinski definition) is 3.